The van der Waals surface area contributed by atoms with Gasteiger partial charge in [0.2, 0.25) is 0 Å². The zero-order chi connectivity index (χ0) is 8.55. The van der Waals surface area contributed by atoms with Crippen LogP contribution >= 0.6 is 11.3 Å². The number of aryl methyl sites for hydroxylation is 2. The predicted molar refractivity (Wildman–Crippen MR) is 55.9 cm³/mol. The van der Waals surface area contributed by atoms with Crippen LogP contribution in [0.3, 0.4) is 0 Å². The molecular weight excluding hydrogens is 164 g/mol. The third-order valence-electron chi connectivity index (χ3n) is 2.27. The predicted octanol–water partition coefficient (Wildman–Crippen LogP) is 3.77. The van der Waals surface area contributed by atoms with Crippen molar-refractivity contribution in [3.05, 3.63) is 34.0 Å². The molecule has 1 heteroatoms. The van der Waals surface area contributed by atoms with Crippen LogP contribution in [0.25, 0.3) is 10.8 Å². The van der Waals surface area contributed by atoms with Gasteiger partial charge in [-0.2, -0.15) is 0 Å². The Morgan fingerprint density at radius 2 is 2.17 bits per heavy atom. The van der Waals surface area contributed by atoms with Crippen LogP contribution in [0.1, 0.15) is 17.4 Å². The number of hydrogen-bond acceptors (Lipinski definition) is 1. The first-order valence-electron chi connectivity index (χ1n) is 4.28. The van der Waals surface area contributed by atoms with E-state index in [9.17, 15) is 0 Å². The lowest BCUT2D eigenvalue weighted by Crippen LogP contribution is -1.78. The van der Waals surface area contributed by atoms with Gasteiger partial charge in [0.25, 0.3) is 0 Å². The maximum Gasteiger partial charge on any atom is 0.00928 e. The van der Waals surface area contributed by atoms with Crippen molar-refractivity contribution >= 4 is 22.1 Å². The molecule has 1 heterocycles. The Kier molecular flexibility index (Phi) is 1.89. The van der Waals surface area contributed by atoms with Crippen LogP contribution in [0.5, 0.6) is 0 Å². The van der Waals surface area contributed by atoms with E-state index < -0.39 is 0 Å². The molecule has 0 N–H and O–H groups in total. The van der Waals surface area contributed by atoms with Gasteiger partial charge >= 0.3 is 0 Å². The highest BCUT2D eigenvalue weighted by atomic mass is 32.1. The number of fused-ring (bicyclic) bond motifs is 1. The second-order valence-electron chi connectivity index (χ2n) is 3.07. The smallest absolute Gasteiger partial charge is 0.00928 e. The molecule has 2 aromatic rings. The van der Waals surface area contributed by atoms with E-state index in [0.717, 1.165) is 6.42 Å². The highest BCUT2D eigenvalue weighted by Gasteiger charge is 1.99. The normalized spacial score (nSPS) is 10.8. The summed E-state index contributed by atoms with van der Waals surface area (Å²) in [4.78, 5) is 1.43. The summed E-state index contributed by atoms with van der Waals surface area (Å²) in [5, 5.41) is 5.04. The minimum atomic E-state index is 1.13. The van der Waals surface area contributed by atoms with Gasteiger partial charge in [0.1, 0.15) is 0 Å². The number of benzene rings is 1. The third-order valence-corrected chi connectivity index (χ3v) is 3.21. The lowest BCUT2D eigenvalue weighted by molar-refractivity contribution is 1.15. The van der Waals surface area contributed by atoms with Crippen LogP contribution in [-0.4, -0.2) is 0 Å². The molecule has 62 valence electrons. The Morgan fingerprint density at radius 1 is 1.33 bits per heavy atom. The Bertz CT molecular complexity index is 398. The summed E-state index contributed by atoms with van der Waals surface area (Å²) in [5.74, 6) is 0. The SMILES string of the molecule is CCc1ccc2csc(C)c2c1. The van der Waals surface area contributed by atoms with E-state index in [0.29, 0.717) is 0 Å². The molecule has 0 spiro atoms. The molecule has 1 aromatic carbocycles. The summed E-state index contributed by atoms with van der Waals surface area (Å²) in [5.41, 5.74) is 1.43. The molecule has 0 nitrogen and oxygen atoms in total. The number of hydrogen-bond donors (Lipinski definition) is 0. The standard InChI is InChI=1S/C11H12S/c1-3-9-4-5-10-7-12-8(2)11(10)6-9/h4-7H,3H2,1-2H3. The van der Waals surface area contributed by atoms with Crippen LogP contribution in [0, 0.1) is 6.92 Å². The van der Waals surface area contributed by atoms with Crippen LogP contribution in [0.2, 0.25) is 0 Å². The summed E-state index contributed by atoms with van der Waals surface area (Å²) < 4.78 is 0. The van der Waals surface area contributed by atoms with Gasteiger partial charge in [-0.3, -0.25) is 0 Å². The van der Waals surface area contributed by atoms with Crippen LogP contribution in [-0.2, 0) is 6.42 Å². The summed E-state index contributed by atoms with van der Waals surface area (Å²) in [6, 6.07) is 6.74. The Balaban J connectivity index is 2.71. The lowest BCUT2D eigenvalue weighted by atomic mass is 10.1. The van der Waals surface area contributed by atoms with Crippen LogP contribution in [0.4, 0.5) is 0 Å². The topological polar surface area (TPSA) is 0 Å². The van der Waals surface area contributed by atoms with E-state index in [1.165, 1.54) is 21.2 Å². The molecule has 0 unspecified atom stereocenters. The van der Waals surface area contributed by atoms with E-state index in [4.69, 9.17) is 0 Å². The van der Waals surface area contributed by atoms with Crippen molar-refractivity contribution < 1.29 is 0 Å². The maximum atomic E-state index is 2.31. The Morgan fingerprint density at radius 3 is 2.92 bits per heavy atom. The number of rotatable bonds is 1. The molecule has 0 fully saturated rings. The first-order chi connectivity index (χ1) is 5.81. The van der Waals surface area contributed by atoms with Crippen molar-refractivity contribution in [3.63, 3.8) is 0 Å². The highest BCUT2D eigenvalue weighted by Crippen LogP contribution is 2.25. The fraction of sp³-hybridized carbons (Fsp3) is 0.273. The molecule has 0 saturated heterocycles. The summed E-state index contributed by atoms with van der Waals surface area (Å²) >= 11 is 1.84. The second-order valence-corrected chi connectivity index (χ2v) is 4.15. The van der Waals surface area contributed by atoms with Gasteiger partial charge in [-0.05, 0) is 35.1 Å². The molecular formula is C11H12S. The van der Waals surface area contributed by atoms with E-state index in [1.54, 1.807) is 0 Å². The highest BCUT2D eigenvalue weighted by molar-refractivity contribution is 7.11. The van der Waals surface area contributed by atoms with Gasteiger partial charge in [-0.1, -0.05) is 25.1 Å². The molecule has 0 amide bonds. The second kappa shape index (κ2) is 2.91. The quantitative estimate of drug-likeness (QED) is 0.620. The fourth-order valence-corrected chi connectivity index (χ4v) is 2.26. The Labute approximate surface area is 76.8 Å². The zero-order valence-electron chi connectivity index (χ0n) is 7.42. The molecule has 0 bridgehead atoms. The first-order valence-corrected chi connectivity index (χ1v) is 5.16. The molecule has 0 aliphatic heterocycles. The minimum Gasteiger partial charge on any atom is -0.148 e. The van der Waals surface area contributed by atoms with Crippen molar-refractivity contribution in [1.82, 2.24) is 0 Å². The summed E-state index contributed by atoms with van der Waals surface area (Å²) in [6.07, 6.45) is 1.13. The van der Waals surface area contributed by atoms with Crippen molar-refractivity contribution in [2.75, 3.05) is 0 Å². The summed E-state index contributed by atoms with van der Waals surface area (Å²) in [7, 11) is 0. The zero-order valence-corrected chi connectivity index (χ0v) is 8.24. The molecule has 0 saturated carbocycles. The summed E-state index contributed by atoms with van der Waals surface area (Å²) in [6.45, 7) is 4.38. The van der Waals surface area contributed by atoms with Crippen molar-refractivity contribution in [2.24, 2.45) is 0 Å². The third kappa shape index (κ3) is 1.14. The monoisotopic (exact) mass is 176 g/mol. The average Bonchev–Trinajstić information content (AvgIpc) is 2.47. The molecule has 2 rings (SSSR count). The molecule has 1 aromatic heterocycles. The van der Waals surface area contributed by atoms with Gasteiger partial charge in [0.15, 0.2) is 0 Å². The van der Waals surface area contributed by atoms with E-state index >= 15 is 0 Å². The van der Waals surface area contributed by atoms with E-state index in [2.05, 4.69) is 37.4 Å². The van der Waals surface area contributed by atoms with Gasteiger partial charge in [-0.15, -0.1) is 11.3 Å². The van der Waals surface area contributed by atoms with Gasteiger partial charge in [0, 0.05) is 4.88 Å². The molecule has 12 heavy (non-hydrogen) atoms. The largest absolute Gasteiger partial charge is 0.148 e. The minimum absolute atomic E-state index is 1.13. The van der Waals surface area contributed by atoms with Crippen molar-refractivity contribution in [1.29, 1.82) is 0 Å². The van der Waals surface area contributed by atoms with Gasteiger partial charge in [0.05, 0.1) is 0 Å². The van der Waals surface area contributed by atoms with E-state index in [-0.39, 0.29) is 0 Å². The average molecular weight is 176 g/mol. The first kappa shape index (κ1) is 7.81. The molecule has 0 atom stereocenters. The van der Waals surface area contributed by atoms with Crippen LogP contribution < -0.4 is 0 Å². The molecule has 0 radical (unpaired) electrons. The number of thiophene rings is 1. The maximum absolute atomic E-state index is 2.31. The fourth-order valence-electron chi connectivity index (χ4n) is 1.45. The van der Waals surface area contributed by atoms with Crippen molar-refractivity contribution in [2.45, 2.75) is 20.3 Å². The van der Waals surface area contributed by atoms with Gasteiger partial charge in [-0.25, -0.2) is 0 Å². The van der Waals surface area contributed by atoms with Crippen LogP contribution in [0.15, 0.2) is 23.6 Å². The lowest BCUT2D eigenvalue weighted by Gasteiger charge is -1.96. The van der Waals surface area contributed by atoms with E-state index in [1.807, 2.05) is 11.3 Å². The van der Waals surface area contributed by atoms with Crippen molar-refractivity contribution in [3.8, 4) is 0 Å². The van der Waals surface area contributed by atoms with Gasteiger partial charge < -0.3 is 0 Å². The molecule has 0 aliphatic rings. The Hall–Kier alpha value is -0.820. The molecule has 0 aliphatic carbocycles.